The molecule has 0 radical (unpaired) electrons. The summed E-state index contributed by atoms with van der Waals surface area (Å²) in [6.07, 6.45) is 7.94. The predicted octanol–water partition coefficient (Wildman–Crippen LogP) is 8.75. The van der Waals surface area contributed by atoms with E-state index >= 15 is 0 Å². The van der Waals surface area contributed by atoms with Gasteiger partial charge in [-0.15, -0.1) is 0 Å². The van der Waals surface area contributed by atoms with E-state index in [0.717, 1.165) is 88.8 Å². The van der Waals surface area contributed by atoms with E-state index in [0.29, 0.717) is 6.61 Å². The van der Waals surface area contributed by atoms with Gasteiger partial charge < -0.3 is 9.47 Å². The van der Waals surface area contributed by atoms with Crippen molar-refractivity contribution in [3.8, 4) is 5.75 Å². The lowest BCUT2D eigenvalue weighted by molar-refractivity contribution is -0.148. The topological polar surface area (TPSA) is 42.0 Å². The Morgan fingerprint density at radius 2 is 1.68 bits per heavy atom. The number of hydrogen-bond donors (Lipinski definition) is 0. The fourth-order valence-electron chi connectivity index (χ4n) is 6.77. The Hall–Kier alpha value is -3.22. The van der Waals surface area contributed by atoms with Gasteiger partial charge in [-0.3, -0.25) is 14.6 Å². The molecule has 2 aliphatic rings. The van der Waals surface area contributed by atoms with E-state index in [-0.39, 0.29) is 11.8 Å². The average molecular weight is 645 g/mol. The summed E-state index contributed by atoms with van der Waals surface area (Å²) in [6.45, 7) is 17.1. The summed E-state index contributed by atoms with van der Waals surface area (Å²) in [4.78, 5) is 17.6. The minimum absolute atomic E-state index is 0.171. The molecule has 0 unspecified atom stereocenters. The second-order valence-electron chi connectivity index (χ2n) is 13.4. The van der Waals surface area contributed by atoms with Gasteiger partial charge in [-0.05, 0) is 143 Å². The van der Waals surface area contributed by atoms with Crippen LogP contribution in [0.1, 0.15) is 94.5 Å². The van der Waals surface area contributed by atoms with E-state index in [9.17, 15) is 9.18 Å². The number of fused-ring (bicyclic) bond motifs is 1. The fourth-order valence-corrected chi connectivity index (χ4v) is 6.77. The number of hydrogen-bond acceptors (Lipinski definition) is 5. The van der Waals surface area contributed by atoms with Gasteiger partial charge in [0.15, 0.2) is 0 Å². The molecular formula is C41H57FN2O3. The van der Waals surface area contributed by atoms with E-state index in [4.69, 9.17) is 9.47 Å². The number of rotatable bonds is 13. The molecule has 0 atom stereocenters. The lowest BCUT2D eigenvalue weighted by atomic mass is 9.84. The molecule has 0 bridgehead atoms. The maximum absolute atomic E-state index is 13.3. The Balaban J connectivity index is 0.00000245. The summed E-state index contributed by atoms with van der Waals surface area (Å²) in [5, 5.41) is 0. The van der Waals surface area contributed by atoms with Crippen LogP contribution in [0.2, 0.25) is 0 Å². The number of carbonyl (C=O) groups excluding carboxylic acids is 1. The highest BCUT2D eigenvalue weighted by atomic mass is 19.1. The maximum atomic E-state index is 13.3. The molecule has 0 N–H and O–H groups in total. The minimum atomic E-state index is -0.647. The molecule has 2 heterocycles. The quantitative estimate of drug-likeness (QED) is 0.138. The van der Waals surface area contributed by atoms with Crippen LogP contribution >= 0.6 is 0 Å². The van der Waals surface area contributed by atoms with Crippen LogP contribution in [0.3, 0.4) is 0 Å². The molecule has 0 amide bonds. The molecule has 0 saturated carbocycles. The molecule has 2 aliphatic heterocycles. The van der Waals surface area contributed by atoms with Crippen LogP contribution in [-0.4, -0.2) is 55.2 Å². The van der Waals surface area contributed by atoms with E-state index in [1.54, 1.807) is 12.1 Å². The van der Waals surface area contributed by atoms with Crippen LogP contribution < -0.4 is 4.74 Å². The zero-order valence-electron chi connectivity index (χ0n) is 29.5. The van der Waals surface area contributed by atoms with Crippen molar-refractivity contribution < 1.29 is 18.7 Å². The predicted molar refractivity (Wildman–Crippen MR) is 190 cm³/mol. The van der Waals surface area contributed by atoms with Gasteiger partial charge in [-0.2, -0.15) is 0 Å². The van der Waals surface area contributed by atoms with Crippen LogP contribution in [-0.2, 0) is 40.9 Å². The number of piperidine rings is 1. The number of aryl methyl sites for hydroxylation is 1. The SMILES string of the molecule is CC.CCOC(=O)C(C)(C)c1cccc(CN2CCC(CCCOc3ccc4c(c3)CN(CCc3ccc(F)cc3)CCC4)CC2)c1. The van der Waals surface area contributed by atoms with Crippen LogP contribution in [0.25, 0.3) is 0 Å². The maximum Gasteiger partial charge on any atom is 0.315 e. The zero-order chi connectivity index (χ0) is 33.6. The summed E-state index contributed by atoms with van der Waals surface area (Å²) in [7, 11) is 0. The van der Waals surface area contributed by atoms with Gasteiger partial charge in [0.25, 0.3) is 0 Å². The van der Waals surface area contributed by atoms with Crippen molar-refractivity contribution >= 4 is 5.97 Å². The molecule has 5 rings (SSSR count). The first-order chi connectivity index (χ1) is 22.8. The summed E-state index contributed by atoms with van der Waals surface area (Å²) in [6, 6.07) is 22.0. The molecule has 1 fully saturated rings. The first kappa shape index (κ1) is 36.6. The van der Waals surface area contributed by atoms with Gasteiger partial charge in [-0.1, -0.05) is 56.3 Å². The van der Waals surface area contributed by atoms with Crippen molar-refractivity contribution in [1.29, 1.82) is 0 Å². The van der Waals surface area contributed by atoms with Crippen molar-refractivity contribution in [2.75, 3.05) is 39.4 Å². The monoisotopic (exact) mass is 644 g/mol. The first-order valence-corrected chi connectivity index (χ1v) is 18.0. The third-order valence-electron chi connectivity index (χ3n) is 9.70. The van der Waals surface area contributed by atoms with Crippen molar-refractivity contribution in [2.45, 2.75) is 98.1 Å². The van der Waals surface area contributed by atoms with Gasteiger partial charge in [0.2, 0.25) is 0 Å². The minimum Gasteiger partial charge on any atom is -0.494 e. The molecule has 5 nitrogen and oxygen atoms in total. The van der Waals surface area contributed by atoms with Crippen LogP contribution in [0.15, 0.2) is 66.7 Å². The molecule has 3 aromatic carbocycles. The fraction of sp³-hybridized carbons (Fsp3) is 0.537. The molecule has 47 heavy (non-hydrogen) atoms. The van der Waals surface area contributed by atoms with Crippen molar-refractivity contribution in [3.63, 3.8) is 0 Å². The molecular weight excluding hydrogens is 587 g/mol. The van der Waals surface area contributed by atoms with Gasteiger partial charge in [0.1, 0.15) is 11.6 Å². The summed E-state index contributed by atoms with van der Waals surface area (Å²) >= 11 is 0. The molecule has 0 spiro atoms. The number of esters is 1. The van der Waals surface area contributed by atoms with Crippen LogP contribution in [0, 0.1) is 11.7 Å². The zero-order valence-corrected chi connectivity index (χ0v) is 29.5. The highest BCUT2D eigenvalue weighted by molar-refractivity contribution is 5.82. The van der Waals surface area contributed by atoms with E-state index in [1.807, 2.05) is 52.8 Å². The largest absolute Gasteiger partial charge is 0.494 e. The second-order valence-corrected chi connectivity index (χ2v) is 13.4. The summed E-state index contributed by atoms with van der Waals surface area (Å²) in [5.41, 5.74) is 5.63. The Bertz CT molecular complexity index is 1380. The molecule has 256 valence electrons. The standard InChI is InChI=1S/C39H51FN2O3.C2H6/c1-4-44-38(43)39(2,3)35-11-5-8-32(26-35)28-42-23-18-30(19-24-42)9-7-25-45-37-17-14-33-10-6-21-41(29-34(33)27-37)22-20-31-12-15-36(40)16-13-31;1-2/h5,8,11-17,26-27,30H,4,6-7,9-10,18-25,28-29H2,1-3H3;1-2H3. The number of benzene rings is 3. The Morgan fingerprint density at radius 1 is 0.915 bits per heavy atom. The highest BCUT2D eigenvalue weighted by Crippen LogP contribution is 2.28. The Kier molecular flexibility index (Phi) is 14.3. The van der Waals surface area contributed by atoms with Crippen molar-refractivity contribution in [3.05, 3.63) is 100 Å². The van der Waals surface area contributed by atoms with Crippen LogP contribution in [0.4, 0.5) is 4.39 Å². The smallest absolute Gasteiger partial charge is 0.315 e. The van der Waals surface area contributed by atoms with Crippen molar-refractivity contribution in [2.24, 2.45) is 5.92 Å². The number of carbonyl (C=O) groups is 1. The lowest BCUT2D eigenvalue weighted by Crippen LogP contribution is -2.34. The third kappa shape index (κ3) is 10.9. The number of likely N-dealkylation sites (tertiary alicyclic amines) is 1. The number of nitrogens with zero attached hydrogens (tertiary/aromatic N) is 2. The lowest BCUT2D eigenvalue weighted by Gasteiger charge is -2.32. The van der Waals surface area contributed by atoms with Crippen LogP contribution in [0.5, 0.6) is 5.75 Å². The highest BCUT2D eigenvalue weighted by Gasteiger charge is 2.31. The van der Waals surface area contributed by atoms with Gasteiger partial charge in [0, 0.05) is 19.6 Å². The average Bonchev–Trinajstić information content (AvgIpc) is 3.30. The second kappa shape index (κ2) is 18.4. The Labute approximate surface area is 283 Å². The molecule has 0 aliphatic carbocycles. The van der Waals surface area contributed by atoms with E-state index in [1.165, 1.54) is 41.5 Å². The third-order valence-corrected chi connectivity index (χ3v) is 9.70. The van der Waals surface area contributed by atoms with Gasteiger partial charge in [-0.25, -0.2) is 4.39 Å². The summed E-state index contributed by atoms with van der Waals surface area (Å²) < 4.78 is 24.8. The summed E-state index contributed by atoms with van der Waals surface area (Å²) in [5.74, 6) is 1.39. The molecule has 1 saturated heterocycles. The first-order valence-electron chi connectivity index (χ1n) is 18.0. The van der Waals surface area contributed by atoms with E-state index in [2.05, 4.69) is 46.2 Å². The van der Waals surface area contributed by atoms with Gasteiger partial charge >= 0.3 is 5.97 Å². The number of ether oxygens (including phenoxy) is 2. The normalized spacial score (nSPS) is 16.0. The van der Waals surface area contributed by atoms with Gasteiger partial charge in [0.05, 0.1) is 18.6 Å². The molecule has 6 heteroatoms. The number of halogens is 1. The molecule has 0 aromatic heterocycles. The van der Waals surface area contributed by atoms with E-state index < -0.39 is 5.41 Å². The van der Waals surface area contributed by atoms with Crippen molar-refractivity contribution in [1.82, 2.24) is 9.80 Å². The Morgan fingerprint density at radius 3 is 2.43 bits per heavy atom. The molecule has 3 aromatic rings.